The standard InChI is InChI=1S/C66H46N2O/c1-5-21-47(22-6-1)48-39-41-54(42-40-48)67(63-44-43-59(51-27-11-4-12-28-51)66-65(63)60-35-15-18-38-64(60)69-66)55-31-19-29-52(45-55)53-30-20-32-56(46-53)68(61-36-16-13-33-57(61)49-23-7-2-8-24-49)62-37-17-14-34-58(62)50-25-9-3-10-26-50/h1-46H. The van der Waals surface area contributed by atoms with E-state index in [1.54, 1.807) is 0 Å². The van der Waals surface area contributed by atoms with Gasteiger partial charge in [0.15, 0.2) is 0 Å². The Balaban J connectivity index is 1.04. The SMILES string of the molecule is c1ccc(-c2ccc(N(c3cccc(-c4cccc(N(c5ccccc5-c5ccccc5)c5ccccc5-c5ccccc5)c4)c3)c3ccc(-c4ccccc4)c4oc5ccccc5c34)cc2)cc1. The summed E-state index contributed by atoms with van der Waals surface area (Å²) in [5, 5.41) is 2.14. The maximum Gasteiger partial charge on any atom is 0.145 e. The van der Waals surface area contributed by atoms with Crippen LogP contribution in [0.25, 0.3) is 77.6 Å². The number of fused-ring (bicyclic) bond motifs is 3. The maximum atomic E-state index is 6.82. The third-order valence-electron chi connectivity index (χ3n) is 13.1. The average molecular weight is 883 g/mol. The summed E-state index contributed by atoms with van der Waals surface area (Å²) < 4.78 is 6.82. The zero-order valence-electron chi connectivity index (χ0n) is 37.9. The van der Waals surface area contributed by atoms with Crippen LogP contribution < -0.4 is 9.80 Å². The van der Waals surface area contributed by atoms with Crippen molar-refractivity contribution >= 4 is 56.1 Å². The highest BCUT2D eigenvalue weighted by atomic mass is 16.3. The Kier molecular flexibility index (Phi) is 10.9. The van der Waals surface area contributed by atoms with E-state index in [9.17, 15) is 0 Å². The highest BCUT2D eigenvalue weighted by Gasteiger charge is 2.24. The van der Waals surface area contributed by atoms with Gasteiger partial charge in [0.1, 0.15) is 11.2 Å². The monoisotopic (exact) mass is 882 g/mol. The lowest BCUT2D eigenvalue weighted by Gasteiger charge is -2.30. The van der Waals surface area contributed by atoms with E-state index in [1.165, 1.54) is 5.56 Å². The van der Waals surface area contributed by atoms with E-state index in [2.05, 4.69) is 283 Å². The summed E-state index contributed by atoms with van der Waals surface area (Å²) in [5.74, 6) is 0. The zero-order chi connectivity index (χ0) is 45.9. The van der Waals surface area contributed by atoms with Gasteiger partial charge in [0.25, 0.3) is 0 Å². The van der Waals surface area contributed by atoms with Crippen molar-refractivity contribution in [3.8, 4) is 55.6 Å². The second-order valence-electron chi connectivity index (χ2n) is 17.3. The molecule has 0 amide bonds. The van der Waals surface area contributed by atoms with Gasteiger partial charge in [-0.2, -0.15) is 0 Å². The lowest BCUT2D eigenvalue weighted by atomic mass is 9.97. The molecule has 12 aromatic rings. The molecule has 12 rings (SSSR count). The van der Waals surface area contributed by atoms with Gasteiger partial charge in [-0.1, -0.05) is 212 Å². The van der Waals surface area contributed by atoms with E-state index in [4.69, 9.17) is 4.42 Å². The molecular formula is C66H46N2O. The highest BCUT2D eigenvalue weighted by molar-refractivity contribution is 6.17. The van der Waals surface area contributed by atoms with Gasteiger partial charge < -0.3 is 14.2 Å². The molecular weight excluding hydrogens is 837 g/mol. The molecule has 3 nitrogen and oxygen atoms in total. The van der Waals surface area contributed by atoms with Crippen LogP contribution in [0.15, 0.2) is 283 Å². The molecule has 0 bridgehead atoms. The highest BCUT2D eigenvalue weighted by Crippen LogP contribution is 2.48. The number of para-hydroxylation sites is 3. The summed E-state index contributed by atoms with van der Waals surface area (Å²) in [5.41, 5.74) is 19.4. The first-order chi connectivity index (χ1) is 34.2. The van der Waals surface area contributed by atoms with E-state index in [0.717, 1.165) is 106 Å². The van der Waals surface area contributed by atoms with Gasteiger partial charge in [0.2, 0.25) is 0 Å². The lowest BCUT2D eigenvalue weighted by molar-refractivity contribution is 0.670. The van der Waals surface area contributed by atoms with Crippen molar-refractivity contribution < 1.29 is 4.42 Å². The van der Waals surface area contributed by atoms with Crippen LogP contribution in [0.2, 0.25) is 0 Å². The van der Waals surface area contributed by atoms with E-state index in [0.29, 0.717) is 0 Å². The van der Waals surface area contributed by atoms with Gasteiger partial charge in [-0.3, -0.25) is 0 Å². The lowest BCUT2D eigenvalue weighted by Crippen LogP contribution is -2.12. The van der Waals surface area contributed by atoms with Gasteiger partial charge >= 0.3 is 0 Å². The van der Waals surface area contributed by atoms with Gasteiger partial charge in [0, 0.05) is 39.1 Å². The molecule has 0 unspecified atom stereocenters. The Morgan fingerprint density at radius 2 is 0.681 bits per heavy atom. The van der Waals surface area contributed by atoms with Crippen LogP contribution in [0.1, 0.15) is 0 Å². The molecule has 0 aliphatic heterocycles. The Hall–Kier alpha value is -9.18. The molecule has 0 aliphatic rings. The summed E-state index contributed by atoms with van der Waals surface area (Å²) in [6.45, 7) is 0. The van der Waals surface area contributed by atoms with Crippen molar-refractivity contribution in [1.82, 2.24) is 0 Å². The maximum absolute atomic E-state index is 6.82. The molecule has 1 heterocycles. The third-order valence-corrected chi connectivity index (χ3v) is 13.1. The van der Waals surface area contributed by atoms with Crippen molar-refractivity contribution in [2.45, 2.75) is 0 Å². The van der Waals surface area contributed by atoms with E-state index < -0.39 is 0 Å². The quantitative estimate of drug-likeness (QED) is 0.129. The molecule has 0 N–H and O–H groups in total. The van der Waals surface area contributed by atoms with Crippen LogP contribution in [0, 0.1) is 0 Å². The Morgan fingerprint density at radius 3 is 1.25 bits per heavy atom. The summed E-state index contributed by atoms with van der Waals surface area (Å²) in [6.07, 6.45) is 0. The second-order valence-corrected chi connectivity index (χ2v) is 17.3. The van der Waals surface area contributed by atoms with Crippen LogP contribution in [-0.4, -0.2) is 0 Å². The number of benzene rings is 11. The number of rotatable bonds is 11. The smallest absolute Gasteiger partial charge is 0.145 e. The van der Waals surface area contributed by atoms with Crippen LogP contribution in [0.5, 0.6) is 0 Å². The van der Waals surface area contributed by atoms with Crippen LogP contribution in [0.4, 0.5) is 34.1 Å². The van der Waals surface area contributed by atoms with E-state index in [1.807, 2.05) is 6.07 Å². The molecule has 1 aromatic heterocycles. The van der Waals surface area contributed by atoms with E-state index >= 15 is 0 Å². The molecule has 3 heteroatoms. The van der Waals surface area contributed by atoms with Crippen molar-refractivity contribution in [1.29, 1.82) is 0 Å². The number of hydrogen-bond donors (Lipinski definition) is 0. The Labute approximate surface area is 403 Å². The number of hydrogen-bond acceptors (Lipinski definition) is 3. The zero-order valence-corrected chi connectivity index (χ0v) is 37.9. The fourth-order valence-corrected chi connectivity index (χ4v) is 9.82. The van der Waals surface area contributed by atoms with Crippen molar-refractivity contribution in [3.05, 3.63) is 279 Å². The normalized spacial score (nSPS) is 11.2. The fourth-order valence-electron chi connectivity index (χ4n) is 9.82. The van der Waals surface area contributed by atoms with Gasteiger partial charge in [-0.15, -0.1) is 0 Å². The molecule has 0 saturated heterocycles. The molecule has 0 aliphatic carbocycles. The third kappa shape index (κ3) is 7.92. The summed E-state index contributed by atoms with van der Waals surface area (Å²) in [7, 11) is 0. The summed E-state index contributed by atoms with van der Waals surface area (Å²) >= 11 is 0. The molecule has 0 fully saturated rings. The molecule has 11 aromatic carbocycles. The minimum Gasteiger partial charge on any atom is -0.455 e. The predicted molar refractivity (Wildman–Crippen MR) is 290 cm³/mol. The largest absolute Gasteiger partial charge is 0.455 e. The number of furan rings is 1. The van der Waals surface area contributed by atoms with Gasteiger partial charge in [-0.25, -0.2) is 0 Å². The van der Waals surface area contributed by atoms with Crippen LogP contribution in [-0.2, 0) is 0 Å². The first kappa shape index (κ1) is 41.3. The van der Waals surface area contributed by atoms with Crippen molar-refractivity contribution in [2.24, 2.45) is 0 Å². The first-order valence-corrected chi connectivity index (χ1v) is 23.5. The van der Waals surface area contributed by atoms with Crippen molar-refractivity contribution in [2.75, 3.05) is 9.80 Å². The summed E-state index contributed by atoms with van der Waals surface area (Å²) in [4.78, 5) is 4.81. The topological polar surface area (TPSA) is 19.6 Å². The first-order valence-electron chi connectivity index (χ1n) is 23.5. The van der Waals surface area contributed by atoms with Crippen LogP contribution in [0.3, 0.4) is 0 Å². The molecule has 0 spiro atoms. The fraction of sp³-hybridized carbons (Fsp3) is 0. The average Bonchev–Trinajstić information content (AvgIpc) is 3.83. The summed E-state index contributed by atoms with van der Waals surface area (Å²) in [6, 6.07) is 99.6. The van der Waals surface area contributed by atoms with Gasteiger partial charge in [0.05, 0.1) is 22.4 Å². The number of anilines is 6. The van der Waals surface area contributed by atoms with Crippen molar-refractivity contribution in [3.63, 3.8) is 0 Å². The minimum absolute atomic E-state index is 0.856. The number of nitrogens with zero attached hydrogens (tertiary/aromatic N) is 2. The minimum atomic E-state index is 0.856. The molecule has 0 atom stereocenters. The molecule has 0 saturated carbocycles. The van der Waals surface area contributed by atoms with Crippen LogP contribution >= 0.6 is 0 Å². The second kappa shape index (κ2) is 18.2. The molecule has 0 radical (unpaired) electrons. The molecule has 326 valence electrons. The predicted octanol–water partition coefficient (Wildman–Crippen LogP) is 18.9. The Bertz CT molecular complexity index is 3630. The van der Waals surface area contributed by atoms with Gasteiger partial charge in [-0.05, 0) is 106 Å². The van der Waals surface area contributed by atoms with E-state index in [-0.39, 0.29) is 0 Å². The molecule has 69 heavy (non-hydrogen) atoms. The Morgan fingerprint density at radius 1 is 0.246 bits per heavy atom.